The maximum absolute atomic E-state index is 12.3. The van der Waals surface area contributed by atoms with Gasteiger partial charge in [-0.3, -0.25) is 14.3 Å². The van der Waals surface area contributed by atoms with E-state index in [1.165, 1.54) is 32.2 Å². The molecule has 2 rings (SSSR count). The molecule has 1 heterocycles. The van der Waals surface area contributed by atoms with Crippen molar-refractivity contribution < 1.29 is 19.1 Å². The van der Waals surface area contributed by atoms with Gasteiger partial charge in [-0.15, -0.1) is 0 Å². The first kappa shape index (κ1) is 17.5. The Morgan fingerprint density at radius 1 is 1.35 bits per heavy atom. The SMILES string of the molecule is COC(=O)C(C(=O)OC(C)(C)C)c1ccnc(NSC2CC2)n1. The normalized spacial score (nSPS) is 15.7. The van der Waals surface area contributed by atoms with E-state index in [0.717, 1.165) is 0 Å². The number of nitrogens with one attached hydrogen (secondary N) is 1. The molecule has 1 atom stereocenters. The van der Waals surface area contributed by atoms with Crippen molar-refractivity contribution in [3.05, 3.63) is 18.0 Å². The van der Waals surface area contributed by atoms with Gasteiger partial charge in [0.2, 0.25) is 5.95 Å². The Morgan fingerprint density at radius 2 is 2.04 bits per heavy atom. The van der Waals surface area contributed by atoms with Gasteiger partial charge in [-0.25, -0.2) is 9.97 Å². The first-order valence-electron chi connectivity index (χ1n) is 7.35. The molecule has 0 aliphatic heterocycles. The number of hydrogen-bond donors (Lipinski definition) is 1. The molecule has 0 saturated heterocycles. The molecule has 0 spiro atoms. The number of anilines is 1. The quantitative estimate of drug-likeness (QED) is 0.480. The van der Waals surface area contributed by atoms with E-state index < -0.39 is 23.5 Å². The van der Waals surface area contributed by atoms with Crippen molar-refractivity contribution in [2.75, 3.05) is 11.8 Å². The van der Waals surface area contributed by atoms with Crippen LogP contribution < -0.4 is 4.72 Å². The summed E-state index contributed by atoms with van der Waals surface area (Å²) in [5.74, 6) is -2.27. The number of rotatable bonds is 6. The fourth-order valence-electron chi connectivity index (χ4n) is 1.72. The molecule has 1 saturated carbocycles. The lowest BCUT2D eigenvalue weighted by Crippen LogP contribution is -2.32. The Bertz CT molecular complexity index is 584. The van der Waals surface area contributed by atoms with Crippen LogP contribution in [0.2, 0.25) is 0 Å². The van der Waals surface area contributed by atoms with Crippen LogP contribution in [0.15, 0.2) is 12.3 Å². The third-order valence-corrected chi connectivity index (χ3v) is 4.00. The maximum Gasteiger partial charge on any atom is 0.327 e. The van der Waals surface area contributed by atoms with E-state index in [4.69, 9.17) is 9.47 Å². The van der Waals surface area contributed by atoms with Gasteiger partial charge in [0, 0.05) is 11.4 Å². The minimum absolute atomic E-state index is 0.250. The van der Waals surface area contributed by atoms with Crippen LogP contribution in [0.3, 0.4) is 0 Å². The molecule has 1 aromatic rings. The summed E-state index contributed by atoms with van der Waals surface area (Å²) < 4.78 is 13.1. The van der Waals surface area contributed by atoms with Crippen molar-refractivity contribution in [1.82, 2.24) is 9.97 Å². The van der Waals surface area contributed by atoms with Crippen molar-refractivity contribution in [3.63, 3.8) is 0 Å². The van der Waals surface area contributed by atoms with E-state index in [-0.39, 0.29) is 5.69 Å². The number of nitrogens with zero attached hydrogens (tertiary/aromatic N) is 2. The van der Waals surface area contributed by atoms with Gasteiger partial charge in [-0.05, 0) is 51.6 Å². The molecule has 0 amide bonds. The molecular formula is C15H21N3O4S. The second kappa shape index (κ2) is 7.16. The summed E-state index contributed by atoms with van der Waals surface area (Å²) in [7, 11) is 1.23. The molecule has 7 nitrogen and oxygen atoms in total. The molecule has 8 heteroatoms. The summed E-state index contributed by atoms with van der Waals surface area (Å²) in [6.45, 7) is 5.20. The summed E-state index contributed by atoms with van der Waals surface area (Å²) in [5, 5.41) is 0.574. The standard InChI is InChI=1S/C15H21N3O4S/c1-15(2,3)22-13(20)11(12(19)21-4)10-7-8-16-14(17-10)18-23-9-5-6-9/h7-9,11H,5-6H2,1-4H3,(H,16,17,18). The third kappa shape index (κ3) is 5.38. The highest BCUT2D eigenvalue weighted by molar-refractivity contribution is 8.01. The Kier molecular flexibility index (Phi) is 5.46. The first-order chi connectivity index (χ1) is 10.8. The lowest BCUT2D eigenvalue weighted by molar-refractivity contribution is -0.163. The van der Waals surface area contributed by atoms with E-state index in [0.29, 0.717) is 11.2 Å². The topological polar surface area (TPSA) is 90.4 Å². The van der Waals surface area contributed by atoms with Crippen molar-refractivity contribution in [3.8, 4) is 0 Å². The van der Waals surface area contributed by atoms with Crippen LogP contribution in [0, 0.1) is 0 Å². The number of aromatic nitrogens is 2. The molecule has 23 heavy (non-hydrogen) atoms. The average molecular weight is 339 g/mol. The molecule has 0 aromatic carbocycles. The van der Waals surface area contributed by atoms with Gasteiger partial charge in [0.05, 0.1) is 12.8 Å². The zero-order valence-corrected chi connectivity index (χ0v) is 14.5. The molecular weight excluding hydrogens is 318 g/mol. The monoisotopic (exact) mass is 339 g/mol. The third-order valence-electron chi connectivity index (χ3n) is 2.89. The highest BCUT2D eigenvalue weighted by Crippen LogP contribution is 2.33. The maximum atomic E-state index is 12.3. The van der Waals surface area contributed by atoms with Crippen molar-refractivity contribution in [2.24, 2.45) is 0 Å². The van der Waals surface area contributed by atoms with Crippen molar-refractivity contribution in [1.29, 1.82) is 0 Å². The Balaban J connectivity index is 2.18. The molecule has 1 N–H and O–H groups in total. The van der Waals surface area contributed by atoms with E-state index in [1.807, 2.05) is 0 Å². The highest BCUT2D eigenvalue weighted by Gasteiger charge is 2.35. The zero-order valence-electron chi connectivity index (χ0n) is 13.7. The number of carbonyl (C=O) groups excluding carboxylic acids is 2. The minimum atomic E-state index is -1.23. The van der Waals surface area contributed by atoms with Crippen LogP contribution in [0.4, 0.5) is 5.95 Å². The number of carbonyl (C=O) groups is 2. The fraction of sp³-hybridized carbons (Fsp3) is 0.600. The van der Waals surface area contributed by atoms with Crippen LogP contribution in [-0.2, 0) is 19.1 Å². The van der Waals surface area contributed by atoms with E-state index in [9.17, 15) is 9.59 Å². The van der Waals surface area contributed by atoms with Crippen LogP contribution in [0.5, 0.6) is 0 Å². The van der Waals surface area contributed by atoms with Gasteiger partial charge in [0.1, 0.15) is 5.60 Å². The summed E-state index contributed by atoms with van der Waals surface area (Å²) in [4.78, 5) is 32.7. The Hall–Kier alpha value is -1.83. The van der Waals surface area contributed by atoms with E-state index in [1.54, 1.807) is 32.7 Å². The summed E-state index contributed by atoms with van der Waals surface area (Å²) in [5.41, 5.74) is -0.459. The van der Waals surface area contributed by atoms with Crippen LogP contribution in [0.25, 0.3) is 0 Å². The smallest absolute Gasteiger partial charge is 0.327 e. The fourth-order valence-corrected chi connectivity index (χ4v) is 2.46. The van der Waals surface area contributed by atoms with Gasteiger partial charge in [0.25, 0.3) is 0 Å². The van der Waals surface area contributed by atoms with Crippen LogP contribution in [0.1, 0.15) is 45.2 Å². The predicted molar refractivity (Wildman–Crippen MR) is 86.9 cm³/mol. The second-order valence-corrected chi connectivity index (χ2v) is 7.32. The summed E-state index contributed by atoms with van der Waals surface area (Å²) in [6.07, 6.45) is 3.83. The number of hydrogen-bond acceptors (Lipinski definition) is 8. The molecule has 1 aliphatic rings. The molecule has 126 valence electrons. The zero-order chi connectivity index (χ0) is 17.0. The molecule has 0 bridgehead atoms. The highest BCUT2D eigenvalue weighted by atomic mass is 32.2. The summed E-state index contributed by atoms with van der Waals surface area (Å²) in [6, 6.07) is 1.51. The lowest BCUT2D eigenvalue weighted by atomic mass is 10.1. The molecule has 1 fully saturated rings. The van der Waals surface area contributed by atoms with Crippen molar-refractivity contribution in [2.45, 2.75) is 50.4 Å². The molecule has 1 aromatic heterocycles. The van der Waals surface area contributed by atoms with Gasteiger partial charge in [-0.2, -0.15) is 0 Å². The Morgan fingerprint density at radius 3 is 2.61 bits per heavy atom. The Labute approximate surface area is 139 Å². The van der Waals surface area contributed by atoms with Gasteiger partial charge >= 0.3 is 11.9 Å². The number of ether oxygens (including phenoxy) is 2. The molecule has 1 unspecified atom stereocenters. The average Bonchev–Trinajstić information content (AvgIpc) is 3.28. The van der Waals surface area contributed by atoms with Crippen molar-refractivity contribution >= 4 is 29.8 Å². The summed E-state index contributed by atoms with van der Waals surface area (Å²) >= 11 is 1.54. The largest absolute Gasteiger partial charge is 0.468 e. The van der Waals surface area contributed by atoms with Crippen LogP contribution >= 0.6 is 11.9 Å². The van der Waals surface area contributed by atoms with E-state index in [2.05, 4.69) is 14.7 Å². The number of esters is 2. The van der Waals surface area contributed by atoms with E-state index >= 15 is 0 Å². The lowest BCUT2D eigenvalue weighted by Gasteiger charge is -2.22. The minimum Gasteiger partial charge on any atom is -0.468 e. The van der Waals surface area contributed by atoms with Gasteiger partial charge in [-0.1, -0.05) is 0 Å². The molecule has 0 radical (unpaired) electrons. The number of methoxy groups -OCH3 is 1. The first-order valence-corrected chi connectivity index (χ1v) is 8.23. The van der Waals surface area contributed by atoms with Gasteiger partial charge in [0.15, 0.2) is 5.92 Å². The van der Waals surface area contributed by atoms with Crippen LogP contribution in [-0.4, -0.2) is 39.9 Å². The second-order valence-electron chi connectivity index (χ2n) is 6.21. The molecule has 1 aliphatic carbocycles. The van der Waals surface area contributed by atoms with Gasteiger partial charge < -0.3 is 9.47 Å². The predicted octanol–water partition coefficient (Wildman–Crippen LogP) is 2.30.